The third-order valence-corrected chi connectivity index (χ3v) is 4.06. The summed E-state index contributed by atoms with van der Waals surface area (Å²) >= 11 is 0. The average Bonchev–Trinajstić information content (AvgIpc) is 2.78. The molecule has 2 aliphatic carbocycles. The van der Waals surface area contributed by atoms with Gasteiger partial charge in [0.25, 0.3) is 0 Å². The van der Waals surface area contributed by atoms with E-state index >= 15 is 0 Å². The van der Waals surface area contributed by atoms with E-state index in [4.69, 9.17) is 0 Å². The molecule has 1 heterocycles. The highest BCUT2D eigenvalue weighted by atomic mass is 15.2. The van der Waals surface area contributed by atoms with Crippen LogP contribution in [0.3, 0.4) is 0 Å². The Hall–Kier alpha value is -0.0800. The number of likely N-dealkylation sites (tertiary alicyclic amines) is 1. The minimum atomic E-state index is 0.822. The molecule has 1 unspecified atom stereocenters. The highest BCUT2D eigenvalue weighted by Crippen LogP contribution is 2.28. The van der Waals surface area contributed by atoms with E-state index in [1.165, 1.54) is 58.2 Å². The van der Waals surface area contributed by atoms with E-state index in [2.05, 4.69) is 10.2 Å². The van der Waals surface area contributed by atoms with E-state index in [1.54, 1.807) is 0 Å². The molecule has 3 rings (SSSR count). The molecule has 0 aromatic heterocycles. The zero-order chi connectivity index (χ0) is 9.38. The molecule has 0 amide bonds. The standard InChI is InChI=1S/C12H22N2/c1-2-10(3-1)8-14-7-6-12(9-14)13-11-4-5-11/h10-13H,1-9H2. The molecule has 0 aromatic carbocycles. The molecule has 0 radical (unpaired) electrons. The summed E-state index contributed by atoms with van der Waals surface area (Å²) in [7, 11) is 0. The lowest BCUT2D eigenvalue weighted by Gasteiger charge is -2.30. The SMILES string of the molecule is C1CC(CN2CCC(NC3CC3)C2)C1. The monoisotopic (exact) mass is 194 g/mol. The Kier molecular flexibility index (Phi) is 2.50. The normalized spacial score (nSPS) is 34.7. The van der Waals surface area contributed by atoms with Crippen LogP contribution in [0.4, 0.5) is 0 Å². The maximum atomic E-state index is 3.75. The molecular formula is C12H22N2. The molecule has 1 aliphatic heterocycles. The van der Waals surface area contributed by atoms with Crippen molar-refractivity contribution >= 4 is 0 Å². The molecule has 1 atom stereocenters. The van der Waals surface area contributed by atoms with Crippen LogP contribution in [0.25, 0.3) is 0 Å². The Morgan fingerprint density at radius 3 is 2.50 bits per heavy atom. The lowest BCUT2D eigenvalue weighted by Crippen LogP contribution is -2.36. The van der Waals surface area contributed by atoms with E-state index < -0.39 is 0 Å². The van der Waals surface area contributed by atoms with Crippen molar-refractivity contribution < 1.29 is 0 Å². The highest BCUT2D eigenvalue weighted by molar-refractivity contribution is 4.90. The lowest BCUT2D eigenvalue weighted by molar-refractivity contribution is 0.202. The molecule has 3 aliphatic rings. The predicted octanol–water partition coefficient (Wildman–Crippen LogP) is 1.61. The Bertz CT molecular complexity index is 196. The molecule has 0 spiro atoms. The molecule has 0 aromatic rings. The molecule has 2 heteroatoms. The molecule has 1 saturated heterocycles. The maximum Gasteiger partial charge on any atom is 0.0209 e. The van der Waals surface area contributed by atoms with Gasteiger partial charge < -0.3 is 10.2 Å². The first-order valence-electron chi connectivity index (χ1n) is 6.38. The molecule has 14 heavy (non-hydrogen) atoms. The van der Waals surface area contributed by atoms with Gasteiger partial charge in [-0.15, -0.1) is 0 Å². The Morgan fingerprint density at radius 2 is 1.86 bits per heavy atom. The fourth-order valence-corrected chi connectivity index (χ4v) is 2.76. The van der Waals surface area contributed by atoms with Crippen LogP contribution in [0.15, 0.2) is 0 Å². The van der Waals surface area contributed by atoms with E-state index in [9.17, 15) is 0 Å². The summed E-state index contributed by atoms with van der Waals surface area (Å²) in [6.45, 7) is 4.07. The van der Waals surface area contributed by atoms with Crippen LogP contribution in [0, 0.1) is 5.92 Å². The molecule has 2 saturated carbocycles. The number of hydrogen-bond donors (Lipinski definition) is 1. The van der Waals surface area contributed by atoms with Crippen molar-refractivity contribution in [2.24, 2.45) is 5.92 Å². The van der Waals surface area contributed by atoms with Crippen LogP contribution < -0.4 is 5.32 Å². The van der Waals surface area contributed by atoms with Crippen molar-refractivity contribution in [2.45, 2.75) is 50.6 Å². The average molecular weight is 194 g/mol. The van der Waals surface area contributed by atoms with Gasteiger partial charge in [-0.2, -0.15) is 0 Å². The van der Waals surface area contributed by atoms with E-state index in [0.717, 1.165) is 18.0 Å². The quantitative estimate of drug-likeness (QED) is 0.731. The van der Waals surface area contributed by atoms with Crippen LogP contribution in [0.2, 0.25) is 0 Å². The van der Waals surface area contributed by atoms with Gasteiger partial charge in [0, 0.05) is 25.2 Å². The third-order valence-electron chi connectivity index (χ3n) is 4.06. The summed E-state index contributed by atoms with van der Waals surface area (Å²) in [6, 6.07) is 1.71. The first kappa shape index (κ1) is 9.17. The van der Waals surface area contributed by atoms with E-state index in [0.29, 0.717) is 0 Å². The van der Waals surface area contributed by atoms with Crippen molar-refractivity contribution in [1.29, 1.82) is 0 Å². The Labute approximate surface area is 87.0 Å². The van der Waals surface area contributed by atoms with Gasteiger partial charge in [0.1, 0.15) is 0 Å². The molecule has 2 nitrogen and oxygen atoms in total. The van der Waals surface area contributed by atoms with E-state index in [1.807, 2.05) is 0 Å². The summed E-state index contributed by atoms with van der Waals surface area (Å²) in [6.07, 6.45) is 8.73. The van der Waals surface area contributed by atoms with Gasteiger partial charge >= 0.3 is 0 Å². The summed E-state index contributed by atoms with van der Waals surface area (Å²) in [5.74, 6) is 1.05. The second-order valence-corrected chi connectivity index (χ2v) is 5.48. The molecule has 0 bridgehead atoms. The fraction of sp³-hybridized carbons (Fsp3) is 1.00. The second-order valence-electron chi connectivity index (χ2n) is 5.48. The molecule has 3 fully saturated rings. The Balaban J connectivity index is 1.39. The lowest BCUT2D eigenvalue weighted by atomic mass is 9.85. The maximum absolute atomic E-state index is 3.75. The van der Waals surface area contributed by atoms with Crippen LogP contribution in [-0.2, 0) is 0 Å². The number of nitrogens with zero attached hydrogens (tertiary/aromatic N) is 1. The third kappa shape index (κ3) is 2.12. The fourth-order valence-electron chi connectivity index (χ4n) is 2.76. The van der Waals surface area contributed by atoms with Gasteiger partial charge in [-0.05, 0) is 44.6 Å². The summed E-state index contributed by atoms with van der Waals surface area (Å²) in [5, 5.41) is 3.75. The second kappa shape index (κ2) is 3.82. The van der Waals surface area contributed by atoms with Gasteiger partial charge in [0.05, 0.1) is 0 Å². The topological polar surface area (TPSA) is 15.3 Å². The van der Waals surface area contributed by atoms with Crippen molar-refractivity contribution in [3.63, 3.8) is 0 Å². The van der Waals surface area contributed by atoms with Gasteiger partial charge in [0.15, 0.2) is 0 Å². The molecule has 80 valence electrons. The minimum absolute atomic E-state index is 0.822. The van der Waals surface area contributed by atoms with Gasteiger partial charge in [-0.3, -0.25) is 0 Å². The Morgan fingerprint density at radius 1 is 1.00 bits per heavy atom. The zero-order valence-corrected chi connectivity index (χ0v) is 9.04. The van der Waals surface area contributed by atoms with Gasteiger partial charge in [-0.1, -0.05) is 6.42 Å². The predicted molar refractivity (Wildman–Crippen MR) is 58.3 cm³/mol. The number of nitrogens with one attached hydrogen (secondary N) is 1. The first-order chi connectivity index (χ1) is 6.90. The van der Waals surface area contributed by atoms with Crippen LogP contribution in [0.5, 0.6) is 0 Å². The van der Waals surface area contributed by atoms with Crippen molar-refractivity contribution in [3.05, 3.63) is 0 Å². The van der Waals surface area contributed by atoms with Crippen LogP contribution in [-0.4, -0.2) is 36.6 Å². The van der Waals surface area contributed by atoms with Crippen molar-refractivity contribution in [1.82, 2.24) is 10.2 Å². The molecule has 1 N–H and O–H groups in total. The summed E-state index contributed by atoms with van der Waals surface area (Å²) < 4.78 is 0. The number of hydrogen-bond acceptors (Lipinski definition) is 2. The van der Waals surface area contributed by atoms with Gasteiger partial charge in [0.2, 0.25) is 0 Å². The first-order valence-corrected chi connectivity index (χ1v) is 6.38. The highest BCUT2D eigenvalue weighted by Gasteiger charge is 2.30. The van der Waals surface area contributed by atoms with Crippen LogP contribution >= 0.6 is 0 Å². The van der Waals surface area contributed by atoms with Gasteiger partial charge in [-0.25, -0.2) is 0 Å². The van der Waals surface area contributed by atoms with Crippen molar-refractivity contribution in [2.75, 3.05) is 19.6 Å². The summed E-state index contributed by atoms with van der Waals surface area (Å²) in [5.41, 5.74) is 0. The van der Waals surface area contributed by atoms with Crippen LogP contribution in [0.1, 0.15) is 38.5 Å². The number of rotatable bonds is 4. The molecular weight excluding hydrogens is 172 g/mol. The van der Waals surface area contributed by atoms with E-state index in [-0.39, 0.29) is 0 Å². The smallest absolute Gasteiger partial charge is 0.0209 e. The summed E-state index contributed by atoms with van der Waals surface area (Å²) in [4.78, 5) is 2.68. The van der Waals surface area contributed by atoms with Crippen molar-refractivity contribution in [3.8, 4) is 0 Å². The minimum Gasteiger partial charge on any atom is -0.310 e. The zero-order valence-electron chi connectivity index (χ0n) is 9.04. The largest absolute Gasteiger partial charge is 0.310 e.